The molecule has 2 aliphatic heterocycles. The molecule has 0 aliphatic carbocycles. The van der Waals surface area contributed by atoms with E-state index in [0.29, 0.717) is 11.7 Å². The molecule has 0 radical (unpaired) electrons. The predicted octanol–water partition coefficient (Wildman–Crippen LogP) is 2.02. The number of likely N-dealkylation sites (tertiary alicyclic amines) is 1. The number of benzene rings is 1. The van der Waals surface area contributed by atoms with Crippen LogP contribution in [0.1, 0.15) is 23.3 Å². The zero-order valence-corrected chi connectivity index (χ0v) is 15.7. The van der Waals surface area contributed by atoms with Gasteiger partial charge in [-0.1, -0.05) is 12.1 Å². The molecule has 2 aromatic rings. The third kappa shape index (κ3) is 3.84. The Hall–Kier alpha value is -2.38. The van der Waals surface area contributed by atoms with Crippen molar-refractivity contribution in [3.8, 4) is 17.0 Å². The molecule has 1 unspecified atom stereocenters. The number of methoxy groups -OCH3 is 1. The van der Waals surface area contributed by atoms with Gasteiger partial charge in [-0.05, 0) is 31.0 Å². The first kappa shape index (κ1) is 18.0. The van der Waals surface area contributed by atoms with Crippen molar-refractivity contribution in [3.05, 3.63) is 36.0 Å². The molecule has 1 amide bonds. The molecule has 0 spiro atoms. The van der Waals surface area contributed by atoms with E-state index in [1.807, 2.05) is 35.2 Å². The van der Waals surface area contributed by atoms with Crippen molar-refractivity contribution in [1.29, 1.82) is 0 Å². The van der Waals surface area contributed by atoms with Crippen molar-refractivity contribution in [2.75, 3.05) is 46.5 Å². The minimum atomic E-state index is 0.0154. The molecule has 1 aromatic carbocycles. The lowest BCUT2D eigenvalue weighted by Gasteiger charge is -2.40. The monoisotopic (exact) mass is 370 g/mol. The zero-order valence-electron chi connectivity index (χ0n) is 15.7. The number of aromatic amines is 1. The second kappa shape index (κ2) is 8.10. The Kier molecular flexibility index (Phi) is 5.40. The molecule has 4 rings (SSSR count). The number of hydrogen-bond acceptors (Lipinski definition) is 5. The number of para-hydroxylation sites is 1. The summed E-state index contributed by atoms with van der Waals surface area (Å²) in [6, 6.07) is 9.93. The Morgan fingerprint density at radius 3 is 2.89 bits per heavy atom. The van der Waals surface area contributed by atoms with E-state index in [2.05, 4.69) is 15.1 Å². The summed E-state index contributed by atoms with van der Waals surface area (Å²) < 4.78 is 10.9. The topological polar surface area (TPSA) is 70.7 Å². The largest absolute Gasteiger partial charge is 0.496 e. The number of rotatable bonds is 4. The van der Waals surface area contributed by atoms with Gasteiger partial charge in [0, 0.05) is 37.8 Å². The number of amides is 1. The molecule has 1 aromatic heterocycles. The number of H-pyrrole nitrogens is 1. The standard InChI is InChI=1S/C20H26N4O3/c1-26-19-7-3-2-6-16(19)17-13-18(22-21-17)20(25)24-8-4-5-15(14-24)23-9-11-27-12-10-23/h2-3,6-7,13,15H,4-5,8-12,14H2,1H3,(H,21,22). The van der Waals surface area contributed by atoms with Gasteiger partial charge in [-0.3, -0.25) is 14.8 Å². The van der Waals surface area contributed by atoms with Crippen molar-refractivity contribution in [2.45, 2.75) is 18.9 Å². The van der Waals surface area contributed by atoms with E-state index in [9.17, 15) is 4.79 Å². The van der Waals surface area contributed by atoms with Crippen LogP contribution in [0.4, 0.5) is 0 Å². The number of nitrogens with one attached hydrogen (secondary N) is 1. The molecular weight excluding hydrogens is 344 g/mol. The minimum Gasteiger partial charge on any atom is -0.496 e. The van der Waals surface area contributed by atoms with Gasteiger partial charge in [-0.15, -0.1) is 0 Å². The summed E-state index contributed by atoms with van der Waals surface area (Å²) in [5.74, 6) is 0.759. The van der Waals surface area contributed by atoms with Gasteiger partial charge < -0.3 is 14.4 Å². The molecule has 0 bridgehead atoms. The second-order valence-electron chi connectivity index (χ2n) is 7.06. The number of hydrogen-bond donors (Lipinski definition) is 1. The van der Waals surface area contributed by atoms with E-state index in [4.69, 9.17) is 9.47 Å². The number of nitrogens with zero attached hydrogens (tertiary/aromatic N) is 3. The van der Waals surface area contributed by atoms with E-state index < -0.39 is 0 Å². The van der Waals surface area contributed by atoms with Crippen LogP contribution >= 0.6 is 0 Å². The Labute approximate surface area is 159 Å². The fourth-order valence-electron chi connectivity index (χ4n) is 3.98. The molecule has 1 N–H and O–H groups in total. The summed E-state index contributed by atoms with van der Waals surface area (Å²) in [5.41, 5.74) is 2.12. The van der Waals surface area contributed by atoms with Crippen molar-refractivity contribution in [2.24, 2.45) is 0 Å². The van der Waals surface area contributed by atoms with Crippen LogP contribution in [0, 0.1) is 0 Å². The quantitative estimate of drug-likeness (QED) is 0.892. The van der Waals surface area contributed by atoms with Gasteiger partial charge in [0.15, 0.2) is 0 Å². The number of piperidine rings is 1. The molecule has 3 heterocycles. The highest BCUT2D eigenvalue weighted by Gasteiger charge is 2.30. The number of carbonyl (C=O) groups excluding carboxylic acids is 1. The summed E-state index contributed by atoms with van der Waals surface area (Å²) in [4.78, 5) is 17.4. The summed E-state index contributed by atoms with van der Waals surface area (Å²) >= 11 is 0. The zero-order chi connectivity index (χ0) is 18.6. The third-order valence-electron chi connectivity index (χ3n) is 5.44. The maximum Gasteiger partial charge on any atom is 0.271 e. The van der Waals surface area contributed by atoms with Crippen LogP contribution in [0.15, 0.2) is 30.3 Å². The predicted molar refractivity (Wildman–Crippen MR) is 102 cm³/mol. The average molecular weight is 370 g/mol. The van der Waals surface area contributed by atoms with Gasteiger partial charge in [-0.2, -0.15) is 5.10 Å². The van der Waals surface area contributed by atoms with Crippen LogP contribution in [-0.4, -0.2) is 78.4 Å². The van der Waals surface area contributed by atoms with Crippen molar-refractivity contribution < 1.29 is 14.3 Å². The summed E-state index contributed by atoms with van der Waals surface area (Å²) in [6.07, 6.45) is 2.17. The van der Waals surface area contributed by atoms with Gasteiger partial charge in [-0.25, -0.2) is 0 Å². The molecular formula is C20H26N4O3. The molecule has 144 valence electrons. The van der Waals surface area contributed by atoms with E-state index in [-0.39, 0.29) is 5.91 Å². The van der Waals surface area contributed by atoms with Gasteiger partial charge in [0.2, 0.25) is 0 Å². The highest BCUT2D eigenvalue weighted by molar-refractivity contribution is 5.93. The van der Waals surface area contributed by atoms with E-state index in [1.54, 1.807) is 7.11 Å². The van der Waals surface area contributed by atoms with Gasteiger partial charge in [0.1, 0.15) is 11.4 Å². The SMILES string of the molecule is COc1ccccc1-c1cc(C(=O)N2CCCC(N3CCOCC3)C2)[nH]n1. The Morgan fingerprint density at radius 1 is 1.26 bits per heavy atom. The first-order valence-electron chi connectivity index (χ1n) is 9.56. The highest BCUT2D eigenvalue weighted by atomic mass is 16.5. The number of ether oxygens (including phenoxy) is 2. The average Bonchev–Trinajstić information content (AvgIpc) is 3.24. The maximum atomic E-state index is 13.0. The van der Waals surface area contributed by atoms with Crippen LogP contribution in [-0.2, 0) is 4.74 Å². The van der Waals surface area contributed by atoms with Crippen LogP contribution in [0.2, 0.25) is 0 Å². The first-order valence-corrected chi connectivity index (χ1v) is 9.56. The Balaban J connectivity index is 1.47. The smallest absolute Gasteiger partial charge is 0.271 e. The molecule has 2 saturated heterocycles. The molecule has 2 aliphatic rings. The summed E-state index contributed by atoms with van der Waals surface area (Å²) in [7, 11) is 1.64. The Morgan fingerprint density at radius 2 is 2.07 bits per heavy atom. The van der Waals surface area contributed by atoms with Crippen molar-refractivity contribution >= 4 is 5.91 Å². The van der Waals surface area contributed by atoms with E-state index in [0.717, 1.165) is 69.2 Å². The summed E-state index contributed by atoms with van der Waals surface area (Å²) in [5, 5.41) is 7.26. The maximum absolute atomic E-state index is 13.0. The second-order valence-corrected chi connectivity index (χ2v) is 7.06. The summed E-state index contributed by atoms with van der Waals surface area (Å²) in [6.45, 7) is 5.04. The van der Waals surface area contributed by atoms with E-state index >= 15 is 0 Å². The number of aromatic nitrogens is 2. The van der Waals surface area contributed by atoms with Crippen molar-refractivity contribution in [1.82, 2.24) is 20.0 Å². The van der Waals surface area contributed by atoms with Crippen LogP contribution in [0.25, 0.3) is 11.3 Å². The normalized spacial score (nSPS) is 21.2. The lowest BCUT2D eigenvalue weighted by Crippen LogP contribution is -2.52. The molecule has 27 heavy (non-hydrogen) atoms. The van der Waals surface area contributed by atoms with E-state index in [1.165, 1.54) is 0 Å². The first-order chi connectivity index (χ1) is 13.3. The van der Waals surface area contributed by atoms with Crippen LogP contribution in [0.3, 0.4) is 0 Å². The molecule has 2 fully saturated rings. The molecule has 7 heteroatoms. The Bertz CT molecular complexity index is 785. The fourth-order valence-corrected chi connectivity index (χ4v) is 3.98. The van der Waals surface area contributed by atoms with Gasteiger partial charge >= 0.3 is 0 Å². The number of morpholine rings is 1. The van der Waals surface area contributed by atoms with Gasteiger partial charge in [0.25, 0.3) is 5.91 Å². The van der Waals surface area contributed by atoms with Crippen LogP contribution < -0.4 is 4.74 Å². The fraction of sp³-hybridized carbons (Fsp3) is 0.500. The number of carbonyl (C=O) groups is 1. The highest BCUT2D eigenvalue weighted by Crippen LogP contribution is 2.28. The lowest BCUT2D eigenvalue weighted by atomic mass is 10.0. The molecule has 7 nitrogen and oxygen atoms in total. The van der Waals surface area contributed by atoms with Gasteiger partial charge in [0.05, 0.1) is 26.0 Å². The minimum absolute atomic E-state index is 0.0154. The lowest BCUT2D eigenvalue weighted by molar-refractivity contribution is -0.00129. The molecule has 1 atom stereocenters. The van der Waals surface area contributed by atoms with Crippen molar-refractivity contribution in [3.63, 3.8) is 0 Å². The van der Waals surface area contributed by atoms with Crippen LogP contribution in [0.5, 0.6) is 5.75 Å². The molecule has 0 saturated carbocycles. The third-order valence-corrected chi connectivity index (χ3v) is 5.44.